The summed E-state index contributed by atoms with van der Waals surface area (Å²) in [5.41, 5.74) is 2.55. The molecule has 2 saturated heterocycles. The van der Waals surface area contributed by atoms with Gasteiger partial charge in [0.05, 0.1) is 38.9 Å². The quantitative estimate of drug-likeness (QED) is 0.835. The topological polar surface area (TPSA) is 64.4 Å². The van der Waals surface area contributed by atoms with Crippen LogP contribution in [0, 0.1) is 6.92 Å². The number of hydrogen-bond acceptors (Lipinski definition) is 6. The molecule has 3 heterocycles. The predicted molar refractivity (Wildman–Crippen MR) is 97.3 cm³/mol. The van der Waals surface area contributed by atoms with E-state index >= 15 is 0 Å². The second kappa shape index (κ2) is 7.17. The van der Waals surface area contributed by atoms with Crippen molar-refractivity contribution >= 4 is 22.6 Å². The third kappa shape index (κ3) is 2.91. The number of rotatable bonds is 3. The van der Waals surface area contributed by atoms with E-state index in [0.717, 1.165) is 29.7 Å². The third-order valence-electron chi connectivity index (χ3n) is 5.08. The number of furan rings is 1. The van der Waals surface area contributed by atoms with Crippen LogP contribution in [0.15, 0.2) is 16.5 Å². The van der Waals surface area contributed by atoms with Gasteiger partial charge < -0.3 is 28.4 Å². The number of methoxy groups -OCH3 is 1. The largest absolute Gasteiger partial charge is 0.493 e. The van der Waals surface area contributed by atoms with Gasteiger partial charge in [0.15, 0.2) is 17.1 Å². The van der Waals surface area contributed by atoms with Crippen LogP contribution in [0.2, 0.25) is 0 Å². The van der Waals surface area contributed by atoms with Crippen LogP contribution in [-0.4, -0.2) is 70.5 Å². The van der Waals surface area contributed by atoms with Gasteiger partial charge in [-0.25, -0.2) is 0 Å². The molecule has 26 heavy (non-hydrogen) atoms. The van der Waals surface area contributed by atoms with E-state index in [0.29, 0.717) is 56.6 Å². The molecule has 1 aromatic carbocycles. The summed E-state index contributed by atoms with van der Waals surface area (Å²) in [6.07, 6.45) is 0. The molecule has 1 amide bonds. The van der Waals surface area contributed by atoms with Gasteiger partial charge in [-0.3, -0.25) is 4.79 Å². The van der Waals surface area contributed by atoms with Gasteiger partial charge in [-0.1, -0.05) is 0 Å². The maximum absolute atomic E-state index is 13.0. The number of morpholine rings is 2. The molecule has 2 aromatic rings. The van der Waals surface area contributed by atoms with E-state index in [1.54, 1.807) is 12.0 Å². The van der Waals surface area contributed by atoms with E-state index in [1.165, 1.54) is 0 Å². The van der Waals surface area contributed by atoms with Gasteiger partial charge in [0, 0.05) is 37.4 Å². The Hall–Kier alpha value is -2.25. The van der Waals surface area contributed by atoms with E-state index in [1.807, 2.05) is 19.1 Å². The minimum Gasteiger partial charge on any atom is -0.493 e. The van der Waals surface area contributed by atoms with E-state index in [-0.39, 0.29) is 5.91 Å². The van der Waals surface area contributed by atoms with E-state index < -0.39 is 0 Å². The molecule has 2 aliphatic heterocycles. The van der Waals surface area contributed by atoms with Gasteiger partial charge in [0.1, 0.15) is 0 Å². The van der Waals surface area contributed by atoms with Crippen LogP contribution in [0.25, 0.3) is 11.0 Å². The monoisotopic (exact) mass is 360 g/mol. The maximum Gasteiger partial charge on any atom is 0.290 e. The lowest BCUT2D eigenvalue weighted by molar-refractivity contribution is 0.0283. The highest BCUT2D eigenvalue weighted by Gasteiger charge is 2.28. The molecule has 0 radical (unpaired) electrons. The van der Waals surface area contributed by atoms with Crippen molar-refractivity contribution in [1.82, 2.24) is 4.90 Å². The maximum atomic E-state index is 13.0. The smallest absolute Gasteiger partial charge is 0.290 e. The Morgan fingerprint density at radius 1 is 1.04 bits per heavy atom. The minimum atomic E-state index is -0.0861. The molecular formula is C19H24N2O5. The fourth-order valence-electron chi connectivity index (χ4n) is 3.65. The van der Waals surface area contributed by atoms with Gasteiger partial charge in [-0.2, -0.15) is 0 Å². The van der Waals surface area contributed by atoms with Crippen molar-refractivity contribution in [3.8, 4) is 5.75 Å². The first kappa shape index (κ1) is 17.2. The van der Waals surface area contributed by atoms with Crippen molar-refractivity contribution in [2.45, 2.75) is 6.92 Å². The Bertz CT molecular complexity index is 804. The molecule has 0 N–H and O–H groups in total. The van der Waals surface area contributed by atoms with Crippen molar-refractivity contribution in [3.63, 3.8) is 0 Å². The van der Waals surface area contributed by atoms with Crippen LogP contribution < -0.4 is 9.64 Å². The van der Waals surface area contributed by atoms with Gasteiger partial charge in [0.2, 0.25) is 0 Å². The highest BCUT2D eigenvalue weighted by molar-refractivity contribution is 6.05. The zero-order valence-electron chi connectivity index (χ0n) is 15.2. The number of amides is 1. The average molecular weight is 360 g/mol. The SMILES string of the molecule is COc1ccc(N2CCOCC2)c2c(C)c(C(=O)N3CCOCC3)oc12. The molecule has 0 unspecified atom stereocenters. The van der Waals surface area contributed by atoms with Crippen LogP contribution in [0.3, 0.4) is 0 Å². The summed E-state index contributed by atoms with van der Waals surface area (Å²) in [6, 6.07) is 3.94. The van der Waals surface area contributed by atoms with Crippen LogP contribution in [0.5, 0.6) is 5.75 Å². The van der Waals surface area contributed by atoms with Crippen molar-refractivity contribution in [2.75, 3.05) is 64.6 Å². The van der Waals surface area contributed by atoms with E-state index in [9.17, 15) is 4.79 Å². The number of ether oxygens (including phenoxy) is 3. The molecule has 1 aromatic heterocycles. The number of carbonyl (C=O) groups is 1. The molecule has 0 saturated carbocycles. The molecular weight excluding hydrogens is 336 g/mol. The number of nitrogens with zero attached hydrogens (tertiary/aromatic N) is 2. The van der Waals surface area contributed by atoms with Gasteiger partial charge in [-0.05, 0) is 19.1 Å². The molecule has 140 valence electrons. The number of aryl methyl sites for hydroxylation is 1. The lowest BCUT2D eigenvalue weighted by atomic mass is 10.1. The summed E-state index contributed by atoms with van der Waals surface area (Å²) >= 11 is 0. The van der Waals surface area contributed by atoms with Gasteiger partial charge in [-0.15, -0.1) is 0 Å². The van der Waals surface area contributed by atoms with Crippen LogP contribution in [0.4, 0.5) is 5.69 Å². The fraction of sp³-hybridized carbons (Fsp3) is 0.526. The summed E-state index contributed by atoms with van der Waals surface area (Å²) in [7, 11) is 1.62. The molecule has 0 aliphatic carbocycles. The lowest BCUT2D eigenvalue weighted by Crippen LogP contribution is -2.40. The molecule has 7 heteroatoms. The van der Waals surface area contributed by atoms with E-state index in [2.05, 4.69) is 4.90 Å². The first-order chi connectivity index (χ1) is 12.7. The summed E-state index contributed by atoms with van der Waals surface area (Å²) in [6.45, 7) is 7.28. The van der Waals surface area contributed by atoms with Crippen molar-refractivity contribution in [2.24, 2.45) is 0 Å². The Balaban J connectivity index is 1.80. The Kier molecular flexibility index (Phi) is 4.74. The van der Waals surface area contributed by atoms with Crippen molar-refractivity contribution in [1.29, 1.82) is 0 Å². The van der Waals surface area contributed by atoms with Gasteiger partial charge in [0.25, 0.3) is 5.91 Å². The first-order valence-electron chi connectivity index (χ1n) is 9.00. The van der Waals surface area contributed by atoms with Crippen LogP contribution in [-0.2, 0) is 9.47 Å². The molecule has 0 atom stereocenters. The molecule has 2 aliphatic rings. The first-order valence-corrected chi connectivity index (χ1v) is 9.00. The summed E-state index contributed by atoms with van der Waals surface area (Å²) < 4.78 is 22.3. The number of benzene rings is 1. The molecule has 2 fully saturated rings. The third-order valence-corrected chi connectivity index (χ3v) is 5.08. The van der Waals surface area contributed by atoms with Crippen molar-refractivity contribution < 1.29 is 23.4 Å². The highest BCUT2D eigenvalue weighted by atomic mass is 16.5. The standard InChI is InChI=1S/C19H24N2O5/c1-13-16-14(20-5-9-24-10-6-20)3-4-15(23-2)18(16)26-17(13)19(22)21-7-11-25-12-8-21/h3-4H,5-12H2,1-2H3. The zero-order chi connectivity index (χ0) is 18.1. The average Bonchev–Trinajstić information content (AvgIpc) is 3.05. The Labute approximate surface area is 152 Å². The molecule has 0 bridgehead atoms. The summed E-state index contributed by atoms with van der Waals surface area (Å²) in [5, 5.41) is 0.947. The number of anilines is 1. The molecule has 0 spiro atoms. The number of carbonyl (C=O) groups excluding carboxylic acids is 1. The Morgan fingerprint density at radius 2 is 1.69 bits per heavy atom. The van der Waals surface area contributed by atoms with Gasteiger partial charge >= 0.3 is 0 Å². The molecule has 4 rings (SSSR count). The lowest BCUT2D eigenvalue weighted by Gasteiger charge is -2.29. The number of fused-ring (bicyclic) bond motifs is 1. The van der Waals surface area contributed by atoms with Crippen molar-refractivity contribution in [3.05, 3.63) is 23.5 Å². The summed E-state index contributed by atoms with van der Waals surface area (Å²) in [5.74, 6) is 0.944. The Morgan fingerprint density at radius 3 is 2.35 bits per heavy atom. The highest BCUT2D eigenvalue weighted by Crippen LogP contribution is 2.39. The summed E-state index contributed by atoms with van der Waals surface area (Å²) in [4.78, 5) is 17.0. The normalized spacial score (nSPS) is 18.4. The number of hydrogen-bond donors (Lipinski definition) is 0. The van der Waals surface area contributed by atoms with Crippen LogP contribution in [0.1, 0.15) is 16.1 Å². The second-order valence-electron chi connectivity index (χ2n) is 6.55. The second-order valence-corrected chi connectivity index (χ2v) is 6.55. The fourth-order valence-corrected chi connectivity index (χ4v) is 3.65. The van der Waals surface area contributed by atoms with E-state index in [4.69, 9.17) is 18.6 Å². The van der Waals surface area contributed by atoms with Crippen LogP contribution >= 0.6 is 0 Å². The molecule has 7 nitrogen and oxygen atoms in total. The predicted octanol–water partition coefficient (Wildman–Crippen LogP) is 2.06. The minimum absolute atomic E-state index is 0.0861. The zero-order valence-corrected chi connectivity index (χ0v) is 15.2.